The largest absolute Gasteiger partial charge is 0.505 e. The molecule has 21 heavy (non-hydrogen) atoms. The molecular formula is C15H12F4O2. The van der Waals surface area contributed by atoms with Gasteiger partial charge < -0.3 is 10.2 Å². The fourth-order valence-electron chi connectivity index (χ4n) is 2.23. The summed E-state index contributed by atoms with van der Waals surface area (Å²) in [4.78, 5) is 0. The van der Waals surface area contributed by atoms with Gasteiger partial charge in [0.05, 0.1) is 0 Å². The summed E-state index contributed by atoms with van der Waals surface area (Å²) in [6.45, 7) is 2.74. The number of aromatic hydroxyl groups is 2. The van der Waals surface area contributed by atoms with Crippen molar-refractivity contribution in [1.29, 1.82) is 0 Å². The van der Waals surface area contributed by atoms with E-state index >= 15 is 0 Å². The minimum Gasteiger partial charge on any atom is -0.505 e. The molecule has 0 aliphatic rings. The molecule has 0 unspecified atom stereocenters. The van der Waals surface area contributed by atoms with E-state index < -0.39 is 40.2 Å². The number of halogens is 4. The summed E-state index contributed by atoms with van der Waals surface area (Å²) >= 11 is 0. The quantitative estimate of drug-likeness (QED) is 0.824. The molecule has 0 aliphatic heterocycles. The Bertz CT molecular complexity index is 652. The molecule has 6 heteroatoms. The molecule has 0 spiro atoms. The molecule has 0 bridgehead atoms. The predicted molar refractivity (Wildman–Crippen MR) is 68.2 cm³/mol. The van der Waals surface area contributed by atoms with E-state index in [0.717, 1.165) is 12.1 Å². The lowest BCUT2D eigenvalue weighted by Gasteiger charge is -2.28. The van der Waals surface area contributed by atoms with Crippen LogP contribution in [-0.4, -0.2) is 10.2 Å². The van der Waals surface area contributed by atoms with Gasteiger partial charge in [-0.15, -0.1) is 0 Å². The van der Waals surface area contributed by atoms with Crippen LogP contribution < -0.4 is 0 Å². The first kappa shape index (κ1) is 15.2. The van der Waals surface area contributed by atoms with Crippen LogP contribution >= 0.6 is 0 Å². The van der Waals surface area contributed by atoms with Gasteiger partial charge in [-0.2, -0.15) is 0 Å². The van der Waals surface area contributed by atoms with Crippen molar-refractivity contribution < 1.29 is 27.8 Å². The molecule has 2 nitrogen and oxygen atoms in total. The van der Waals surface area contributed by atoms with E-state index in [9.17, 15) is 27.8 Å². The van der Waals surface area contributed by atoms with Gasteiger partial charge in [-0.1, -0.05) is 13.8 Å². The Morgan fingerprint density at radius 2 is 1.05 bits per heavy atom. The van der Waals surface area contributed by atoms with E-state index in [-0.39, 0.29) is 11.1 Å². The average molecular weight is 300 g/mol. The molecule has 2 aromatic rings. The van der Waals surface area contributed by atoms with Crippen LogP contribution in [-0.2, 0) is 5.41 Å². The third kappa shape index (κ3) is 2.53. The second-order valence-corrected chi connectivity index (χ2v) is 5.19. The molecule has 0 radical (unpaired) electrons. The molecule has 0 saturated carbocycles. The number of rotatable bonds is 2. The van der Waals surface area contributed by atoms with Crippen LogP contribution in [0.25, 0.3) is 0 Å². The molecular weight excluding hydrogens is 288 g/mol. The number of hydrogen-bond acceptors (Lipinski definition) is 2. The van der Waals surface area contributed by atoms with Crippen molar-refractivity contribution in [1.82, 2.24) is 0 Å². The number of phenolic OH excluding ortho intramolecular Hbond substituents is 2. The van der Waals surface area contributed by atoms with Crippen molar-refractivity contribution in [3.05, 3.63) is 58.7 Å². The Labute approximate surface area is 118 Å². The van der Waals surface area contributed by atoms with Gasteiger partial charge in [-0.05, 0) is 12.1 Å². The van der Waals surface area contributed by atoms with Crippen LogP contribution in [0.2, 0.25) is 0 Å². The van der Waals surface area contributed by atoms with Gasteiger partial charge in [-0.25, -0.2) is 17.6 Å². The van der Waals surface area contributed by atoms with Crippen LogP contribution in [0.1, 0.15) is 25.0 Å². The lowest BCUT2D eigenvalue weighted by atomic mass is 9.77. The van der Waals surface area contributed by atoms with Crippen LogP contribution in [0.15, 0.2) is 24.3 Å². The molecule has 2 N–H and O–H groups in total. The Morgan fingerprint density at radius 1 is 0.714 bits per heavy atom. The van der Waals surface area contributed by atoms with E-state index in [2.05, 4.69) is 0 Å². The highest BCUT2D eigenvalue weighted by molar-refractivity contribution is 5.50. The van der Waals surface area contributed by atoms with E-state index in [4.69, 9.17) is 0 Å². The topological polar surface area (TPSA) is 40.5 Å². The first-order valence-electron chi connectivity index (χ1n) is 6.01. The Hall–Kier alpha value is -2.24. The zero-order valence-electron chi connectivity index (χ0n) is 11.2. The minimum absolute atomic E-state index is 0.236. The molecule has 0 aliphatic carbocycles. The summed E-state index contributed by atoms with van der Waals surface area (Å²) in [7, 11) is 0. The second-order valence-electron chi connectivity index (χ2n) is 5.19. The second kappa shape index (κ2) is 4.95. The number of benzene rings is 2. The van der Waals surface area contributed by atoms with Gasteiger partial charge in [0.1, 0.15) is 11.6 Å². The molecule has 0 amide bonds. The van der Waals surface area contributed by atoms with Crippen molar-refractivity contribution in [2.75, 3.05) is 0 Å². The Morgan fingerprint density at radius 3 is 1.38 bits per heavy atom. The summed E-state index contributed by atoms with van der Waals surface area (Å²) in [5.74, 6) is -5.99. The summed E-state index contributed by atoms with van der Waals surface area (Å²) < 4.78 is 53.6. The molecule has 0 aromatic heterocycles. The fraction of sp³-hybridized carbons (Fsp3) is 0.200. The molecule has 0 atom stereocenters. The first-order valence-corrected chi connectivity index (χ1v) is 6.01. The molecule has 112 valence electrons. The van der Waals surface area contributed by atoms with Gasteiger partial charge >= 0.3 is 0 Å². The number of hydrogen-bond donors (Lipinski definition) is 2. The Balaban J connectivity index is 2.73. The van der Waals surface area contributed by atoms with Crippen molar-refractivity contribution in [3.8, 4) is 11.5 Å². The van der Waals surface area contributed by atoms with Crippen LogP contribution in [0.4, 0.5) is 17.6 Å². The SMILES string of the molecule is CC(C)(c1cc(F)cc(F)c1O)c1cc(F)cc(F)c1O. The standard InChI is InChI=1S/C15H12F4O2/c1-15(2,9-3-7(16)5-11(18)13(9)20)10-4-8(17)6-12(19)14(10)21/h3-6,20-21H,1-2H3. The lowest BCUT2D eigenvalue weighted by molar-refractivity contribution is 0.392. The van der Waals surface area contributed by atoms with E-state index in [0.29, 0.717) is 12.1 Å². The third-order valence-electron chi connectivity index (χ3n) is 3.40. The lowest BCUT2D eigenvalue weighted by Crippen LogP contribution is -2.21. The van der Waals surface area contributed by atoms with Crippen molar-refractivity contribution in [2.24, 2.45) is 0 Å². The molecule has 2 aromatic carbocycles. The van der Waals surface area contributed by atoms with Crippen molar-refractivity contribution in [3.63, 3.8) is 0 Å². The number of phenols is 2. The molecule has 0 fully saturated rings. The highest BCUT2D eigenvalue weighted by Crippen LogP contribution is 2.42. The normalized spacial score (nSPS) is 11.7. The van der Waals surface area contributed by atoms with Gasteiger partial charge in [0.15, 0.2) is 23.1 Å². The van der Waals surface area contributed by atoms with E-state index in [1.807, 2.05) is 0 Å². The van der Waals surface area contributed by atoms with Crippen molar-refractivity contribution >= 4 is 0 Å². The van der Waals surface area contributed by atoms with Gasteiger partial charge in [0.2, 0.25) is 0 Å². The summed E-state index contributed by atoms with van der Waals surface area (Å²) in [5.41, 5.74) is -1.90. The predicted octanol–water partition coefficient (Wildman–Crippen LogP) is 3.98. The summed E-state index contributed by atoms with van der Waals surface area (Å²) in [6.07, 6.45) is 0. The zero-order chi connectivity index (χ0) is 15.9. The fourth-order valence-corrected chi connectivity index (χ4v) is 2.23. The monoisotopic (exact) mass is 300 g/mol. The van der Waals surface area contributed by atoms with Gasteiger partial charge in [0, 0.05) is 28.7 Å². The van der Waals surface area contributed by atoms with Crippen LogP contribution in [0.3, 0.4) is 0 Å². The highest BCUT2D eigenvalue weighted by Gasteiger charge is 2.32. The maximum atomic E-state index is 13.4. The van der Waals surface area contributed by atoms with Crippen molar-refractivity contribution in [2.45, 2.75) is 19.3 Å². The third-order valence-corrected chi connectivity index (χ3v) is 3.40. The maximum absolute atomic E-state index is 13.4. The molecule has 0 heterocycles. The minimum atomic E-state index is -1.43. The smallest absolute Gasteiger partial charge is 0.168 e. The summed E-state index contributed by atoms with van der Waals surface area (Å²) in [6, 6.07) is 2.67. The zero-order valence-corrected chi connectivity index (χ0v) is 11.2. The highest BCUT2D eigenvalue weighted by atomic mass is 19.1. The molecule has 2 rings (SSSR count). The molecule has 0 saturated heterocycles. The van der Waals surface area contributed by atoms with E-state index in [1.165, 1.54) is 13.8 Å². The summed E-state index contributed by atoms with van der Waals surface area (Å²) in [5, 5.41) is 19.5. The average Bonchev–Trinajstić information content (AvgIpc) is 2.37. The van der Waals surface area contributed by atoms with Crippen LogP contribution in [0.5, 0.6) is 11.5 Å². The first-order chi connectivity index (χ1) is 9.64. The Kier molecular flexibility index (Phi) is 3.57. The van der Waals surface area contributed by atoms with Crippen LogP contribution in [0, 0.1) is 23.3 Å². The maximum Gasteiger partial charge on any atom is 0.168 e. The van der Waals surface area contributed by atoms with Gasteiger partial charge in [-0.3, -0.25) is 0 Å². The van der Waals surface area contributed by atoms with Gasteiger partial charge in [0.25, 0.3) is 0 Å². The van der Waals surface area contributed by atoms with E-state index in [1.54, 1.807) is 0 Å².